The van der Waals surface area contributed by atoms with Gasteiger partial charge in [-0.15, -0.1) is 11.3 Å². The van der Waals surface area contributed by atoms with Crippen LogP contribution >= 0.6 is 11.3 Å². The Kier molecular flexibility index (Phi) is 3.44. The number of fused-ring (bicyclic) bond motifs is 1. The molecule has 2 aliphatic rings. The van der Waals surface area contributed by atoms with Crippen molar-refractivity contribution in [2.45, 2.75) is 51.6 Å². The zero-order valence-electron chi connectivity index (χ0n) is 12.2. The van der Waals surface area contributed by atoms with Crippen molar-refractivity contribution < 1.29 is 0 Å². The fourth-order valence-electron chi connectivity index (χ4n) is 3.48. The highest BCUT2D eigenvalue weighted by Crippen LogP contribution is 2.37. The average Bonchev–Trinajstić information content (AvgIpc) is 2.97. The molecule has 2 heterocycles. The van der Waals surface area contributed by atoms with Crippen molar-refractivity contribution in [1.29, 1.82) is 0 Å². The number of hydrogen-bond donors (Lipinski definition) is 1. The predicted octanol–water partition coefficient (Wildman–Crippen LogP) is 2.61. The minimum Gasteiger partial charge on any atom is -0.327 e. The highest BCUT2D eigenvalue weighted by molar-refractivity contribution is 7.09. The van der Waals surface area contributed by atoms with Crippen LogP contribution in [0.3, 0.4) is 0 Å². The van der Waals surface area contributed by atoms with E-state index in [1.807, 2.05) is 0 Å². The van der Waals surface area contributed by atoms with Crippen molar-refractivity contribution in [3.8, 4) is 0 Å². The minimum atomic E-state index is 0.173. The fourth-order valence-corrected chi connectivity index (χ4v) is 4.38. The van der Waals surface area contributed by atoms with Gasteiger partial charge in [0, 0.05) is 36.5 Å². The monoisotopic (exact) mass is 279 g/mol. The van der Waals surface area contributed by atoms with E-state index >= 15 is 0 Å². The topological polar surface area (TPSA) is 42.2 Å². The first-order chi connectivity index (χ1) is 8.93. The number of nitrogens with two attached hydrogens (primary N) is 1. The van der Waals surface area contributed by atoms with E-state index in [2.05, 4.69) is 31.1 Å². The molecule has 106 valence electrons. The smallest absolute Gasteiger partial charge is 0.0982 e. The molecule has 1 aliphatic heterocycles. The highest BCUT2D eigenvalue weighted by Gasteiger charge is 2.40. The second-order valence-electron chi connectivity index (χ2n) is 7.25. The number of thiazole rings is 1. The Morgan fingerprint density at radius 2 is 2.16 bits per heavy atom. The standard InChI is InChI=1S/C15H25N3S/c1-15(2,3)14-17-11(9-19-14)7-18-6-10-4-5-13(16)12(10)8-18/h9-10,12-13H,4-8,16H2,1-3H3. The van der Waals surface area contributed by atoms with Crippen LogP contribution in [0.2, 0.25) is 0 Å². The average molecular weight is 279 g/mol. The molecule has 0 aromatic carbocycles. The van der Waals surface area contributed by atoms with Gasteiger partial charge in [0.05, 0.1) is 10.7 Å². The van der Waals surface area contributed by atoms with Crippen LogP contribution in [-0.4, -0.2) is 29.0 Å². The van der Waals surface area contributed by atoms with Crippen molar-refractivity contribution in [3.63, 3.8) is 0 Å². The van der Waals surface area contributed by atoms with Crippen molar-refractivity contribution >= 4 is 11.3 Å². The van der Waals surface area contributed by atoms with Gasteiger partial charge in [0.1, 0.15) is 0 Å². The molecule has 2 fully saturated rings. The number of rotatable bonds is 2. The summed E-state index contributed by atoms with van der Waals surface area (Å²) in [6.07, 6.45) is 2.56. The van der Waals surface area contributed by atoms with E-state index in [1.165, 1.54) is 36.6 Å². The molecule has 0 amide bonds. The lowest BCUT2D eigenvalue weighted by Crippen LogP contribution is -2.30. The Morgan fingerprint density at radius 1 is 1.37 bits per heavy atom. The molecule has 4 heteroatoms. The maximum absolute atomic E-state index is 6.20. The third kappa shape index (κ3) is 2.71. The molecule has 1 saturated heterocycles. The van der Waals surface area contributed by atoms with Crippen LogP contribution in [-0.2, 0) is 12.0 Å². The molecule has 1 aromatic heterocycles. The van der Waals surface area contributed by atoms with Crippen LogP contribution in [0, 0.1) is 11.8 Å². The Labute approximate surface area is 120 Å². The van der Waals surface area contributed by atoms with Crippen LogP contribution in [0.25, 0.3) is 0 Å². The second kappa shape index (κ2) is 4.83. The Bertz CT molecular complexity index is 448. The quantitative estimate of drug-likeness (QED) is 0.905. The highest BCUT2D eigenvalue weighted by atomic mass is 32.1. The summed E-state index contributed by atoms with van der Waals surface area (Å²) >= 11 is 1.80. The largest absolute Gasteiger partial charge is 0.327 e. The molecule has 0 spiro atoms. The van der Waals surface area contributed by atoms with Crippen LogP contribution < -0.4 is 5.73 Å². The molecule has 3 unspecified atom stereocenters. The number of likely N-dealkylation sites (tertiary alicyclic amines) is 1. The van der Waals surface area contributed by atoms with Gasteiger partial charge in [0.2, 0.25) is 0 Å². The van der Waals surface area contributed by atoms with Crippen molar-refractivity contribution in [2.75, 3.05) is 13.1 Å². The predicted molar refractivity (Wildman–Crippen MR) is 80.3 cm³/mol. The lowest BCUT2D eigenvalue weighted by Gasteiger charge is -2.17. The van der Waals surface area contributed by atoms with Gasteiger partial charge in [-0.1, -0.05) is 20.8 Å². The lowest BCUT2D eigenvalue weighted by atomic mass is 9.98. The van der Waals surface area contributed by atoms with Crippen molar-refractivity contribution in [2.24, 2.45) is 17.6 Å². The number of aromatic nitrogens is 1. The molecule has 3 rings (SSSR count). The Hall–Kier alpha value is -0.450. The van der Waals surface area contributed by atoms with E-state index in [1.54, 1.807) is 11.3 Å². The maximum Gasteiger partial charge on any atom is 0.0982 e. The van der Waals surface area contributed by atoms with Gasteiger partial charge in [0.25, 0.3) is 0 Å². The van der Waals surface area contributed by atoms with Gasteiger partial charge in [0.15, 0.2) is 0 Å². The summed E-state index contributed by atoms with van der Waals surface area (Å²) < 4.78 is 0. The first kappa shape index (κ1) is 13.5. The molecule has 19 heavy (non-hydrogen) atoms. The lowest BCUT2D eigenvalue weighted by molar-refractivity contribution is 0.295. The van der Waals surface area contributed by atoms with E-state index < -0.39 is 0 Å². The molecule has 0 radical (unpaired) electrons. The van der Waals surface area contributed by atoms with Gasteiger partial charge in [-0.2, -0.15) is 0 Å². The second-order valence-corrected chi connectivity index (χ2v) is 8.11. The first-order valence-corrected chi connectivity index (χ1v) is 8.24. The van der Waals surface area contributed by atoms with Gasteiger partial charge in [-0.3, -0.25) is 4.90 Å². The van der Waals surface area contributed by atoms with Gasteiger partial charge < -0.3 is 5.73 Å². The summed E-state index contributed by atoms with van der Waals surface area (Å²) in [7, 11) is 0. The normalized spacial score (nSPS) is 31.9. The third-order valence-corrected chi connectivity index (χ3v) is 5.88. The van der Waals surface area contributed by atoms with E-state index in [0.717, 1.165) is 18.4 Å². The van der Waals surface area contributed by atoms with Crippen molar-refractivity contribution in [1.82, 2.24) is 9.88 Å². The summed E-state index contributed by atoms with van der Waals surface area (Å²) in [5.41, 5.74) is 7.61. The zero-order valence-corrected chi connectivity index (χ0v) is 13.0. The van der Waals surface area contributed by atoms with Crippen LogP contribution in [0.5, 0.6) is 0 Å². The van der Waals surface area contributed by atoms with Crippen molar-refractivity contribution in [3.05, 3.63) is 16.1 Å². The minimum absolute atomic E-state index is 0.173. The summed E-state index contributed by atoms with van der Waals surface area (Å²) in [6.45, 7) is 10.1. The molecule has 0 bridgehead atoms. The van der Waals surface area contributed by atoms with E-state index in [-0.39, 0.29) is 5.41 Å². The van der Waals surface area contributed by atoms with E-state index in [9.17, 15) is 0 Å². The third-order valence-electron chi connectivity index (χ3n) is 4.57. The van der Waals surface area contributed by atoms with Crippen LogP contribution in [0.4, 0.5) is 0 Å². The molecule has 1 aliphatic carbocycles. The molecular weight excluding hydrogens is 254 g/mol. The fraction of sp³-hybridized carbons (Fsp3) is 0.800. The maximum atomic E-state index is 6.20. The molecule has 1 aromatic rings. The first-order valence-electron chi connectivity index (χ1n) is 7.36. The van der Waals surface area contributed by atoms with E-state index in [4.69, 9.17) is 10.7 Å². The summed E-state index contributed by atoms with van der Waals surface area (Å²) in [5, 5.41) is 3.48. The molecule has 3 atom stereocenters. The number of hydrogen-bond acceptors (Lipinski definition) is 4. The zero-order chi connectivity index (χ0) is 13.6. The summed E-state index contributed by atoms with van der Waals surface area (Å²) in [5.74, 6) is 1.58. The van der Waals surface area contributed by atoms with Gasteiger partial charge >= 0.3 is 0 Å². The SMILES string of the molecule is CC(C)(C)c1nc(CN2CC3CCC(N)C3C2)cs1. The molecule has 1 saturated carbocycles. The summed E-state index contributed by atoms with van der Waals surface area (Å²) in [4.78, 5) is 7.35. The molecule has 2 N–H and O–H groups in total. The molecule has 3 nitrogen and oxygen atoms in total. The van der Waals surface area contributed by atoms with Crippen LogP contribution in [0.1, 0.15) is 44.3 Å². The molecular formula is C15H25N3S. The Balaban J connectivity index is 1.62. The summed E-state index contributed by atoms with van der Waals surface area (Å²) in [6, 6.07) is 0.440. The van der Waals surface area contributed by atoms with Crippen LogP contribution in [0.15, 0.2) is 5.38 Å². The van der Waals surface area contributed by atoms with Gasteiger partial charge in [-0.25, -0.2) is 4.98 Å². The Morgan fingerprint density at radius 3 is 2.79 bits per heavy atom. The van der Waals surface area contributed by atoms with E-state index in [0.29, 0.717) is 6.04 Å². The van der Waals surface area contributed by atoms with Gasteiger partial charge in [-0.05, 0) is 24.7 Å². The number of nitrogens with zero attached hydrogens (tertiary/aromatic N) is 2.